The number of carbonyl (C=O) groups excluding carboxylic acids is 1. The van der Waals surface area contributed by atoms with Crippen molar-refractivity contribution in [2.24, 2.45) is 0 Å². The van der Waals surface area contributed by atoms with Crippen molar-refractivity contribution in [2.45, 2.75) is 25.3 Å². The van der Waals surface area contributed by atoms with Gasteiger partial charge in [0.05, 0.1) is 22.6 Å². The molecule has 1 amide bonds. The van der Waals surface area contributed by atoms with Gasteiger partial charge in [-0.3, -0.25) is 14.9 Å². The Morgan fingerprint density at radius 1 is 1.55 bits per heavy atom. The van der Waals surface area contributed by atoms with E-state index in [0.717, 1.165) is 12.8 Å². The number of hydrogen-bond acceptors (Lipinski definition) is 4. The summed E-state index contributed by atoms with van der Waals surface area (Å²) in [4.78, 5) is 22.6. The van der Waals surface area contributed by atoms with E-state index in [1.807, 2.05) is 6.92 Å². The Kier molecular flexibility index (Phi) is 4.39. The smallest absolute Gasteiger partial charge is 0.284 e. The van der Waals surface area contributed by atoms with E-state index < -0.39 is 10.5 Å². The van der Waals surface area contributed by atoms with Gasteiger partial charge in [-0.15, -0.1) is 0 Å². The zero-order valence-electron chi connectivity index (χ0n) is 11.0. The van der Waals surface area contributed by atoms with Gasteiger partial charge in [0.25, 0.3) is 11.6 Å². The van der Waals surface area contributed by atoms with Gasteiger partial charge in [0.1, 0.15) is 4.47 Å². The SMILES string of the molecule is CC1(NC(=O)c2cccc([N+](=O)[O-])c2Br)CCCOC1. The number of nitro groups is 1. The van der Waals surface area contributed by atoms with Crippen molar-refractivity contribution in [3.63, 3.8) is 0 Å². The van der Waals surface area contributed by atoms with Crippen LogP contribution in [0.2, 0.25) is 0 Å². The predicted octanol–water partition coefficient (Wildman–Crippen LogP) is 2.66. The molecule has 0 bridgehead atoms. The predicted molar refractivity (Wildman–Crippen MR) is 76.7 cm³/mol. The molecule has 0 saturated carbocycles. The molecule has 108 valence electrons. The van der Waals surface area contributed by atoms with E-state index >= 15 is 0 Å². The van der Waals surface area contributed by atoms with Gasteiger partial charge >= 0.3 is 0 Å². The van der Waals surface area contributed by atoms with Crippen LogP contribution in [0.4, 0.5) is 5.69 Å². The molecule has 1 unspecified atom stereocenters. The second-order valence-electron chi connectivity index (χ2n) is 5.07. The minimum atomic E-state index is -0.522. The first-order valence-electron chi connectivity index (χ1n) is 6.26. The lowest BCUT2D eigenvalue weighted by Crippen LogP contribution is -2.51. The summed E-state index contributed by atoms with van der Waals surface area (Å²) in [6.45, 7) is 3.06. The van der Waals surface area contributed by atoms with Crippen molar-refractivity contribution in [2.75, 3.05) is 13.2 Å². The summed E-state index contributed by atoms with van der Waals surface area (Å²) in [5.74, 6) is -0.339. The molecule has 0 radical (unpaired) electrons. The Balaban J connectivity index is 2.21. The van der Waals surface area contributed by atoms with Crippen molar-refractivity contribution in [3.05, 3.63) is 38.3 Å². The van der Waals surface area contributed by atoms with Crippen LogP contribution in [-0.2, 0) is 4.74 Å². The molecule has 2 rings (SSSR count). The van der Waals surface area contributed by atoms with Gasteiger partial charge in [0.15, 0.2) is 0 Å². The van der Waals surface area contributed by atoms with Gasteiger partial charge in [0, 0.05) is 12.7 Å². The minimum Gasteiger partial charge on any atom is -0.379 e. The Labute approximate surface area is 124 Å². The highest BCUT2D eigenvalue weighted by Crippen LogP contribution is 2.29. The maximum atomic E-state index is 12.3. The highest BCUT2D eigenvalue weighted by molar-refractivity contribution is 9.10. The molecule has 0 spiro atoms. The fraction of sp³-hybridized carbons (Fsp3) is 0.462. The maximum absolute atomic E-state index is 12.3. The fourth-order valence-corrected chi connectivity index (χ4v) is 2.80. The van der Waals surface area contributed by atoms with Crippen LogP contribution in [0.3, 0.4) is 0 Å². The summed E-state index contributed by atoms with van der Waals surface area (Å²) in [7, 11) is 0. The lowest BCUT2D eigenvalue weighted by molar-refractivity contribution is -0.385. The number of rotatable bonds is 3. The summed E-state index contributed by atoms with van der Waals surface area (Å²) in [6.07, 6.45) is 1.71. The van der Waals surface area contributed by atoms with Crippen molar-refractivity contribution in [1.82, 2.24) is 5.32 Å². The molecule has 1 aliphatic rings. The van der Waals surface area contributed by atoms with E-state index in [-0.39, 0.29) is 21.6 Å². The number of amides is 1. The minimum absolute atomic E-state index is 0.123. The first-order valence-corrected chi connectivity index (χ1v) is 7.05. The average Bonchev–Trinajstić information content (AvgIpc) is 2.38. The van der Waals surface area contributed by atoms with Gasteiger partial charge < -0.3 is 10.1 Å². The molecular formula is C13H15BrN2O4. The number of benzene rings is 1. The second kappa shape index (κ2) is 5.88. The van der Waals surface area contributed by atoms with E-state index in [2.05, 4.69) is 21.2 Å². The summed E-state index contributed by atoms with van der Waals surface area (Å²) in [5, 5.41) is 13.8. The molecule has 1 N–H and O–H groups in total. The largest absolute Gasteiger partial charge is 0.379 e. The monoisotopic (exact) mass is 342 g/mol. The standard InChI is InChI=1S/C13H15BrN2O4/c1-13(6-3-7-20-8-13)15-12(17)9-4-2-5-10(11(9)14)16(18)19/h2,4-5H,3,6-8H2,1H3,(H,15,17). The van der Waals surface area contributed by atoms with Crippen LogP contribution >= 0.6 is 15.9 Å². The van der Waals surface area contributed by atoms with E-state index in [1.165, 1.54) is 12.1 Å². The third kappa shape index (κ3) is 3.16. The topological polar surface area (TPSA) is 81.5 Å². The molecule has 20 heavy (non-hydrogen) atoms. The Hall–Kier alpha value is -1.47. The Morgan fingerprint density at radius 2 is 2.30 bits per heavy atom. The van der Waals surface area contributed by atoms with Gasteiger partial charge in [-0.25, -0.2) is 0 Å². The average molecular weight is 343 g/mol. The molecule has 6 nitrogen and oxygen atoms in total. The van der Waals surface area contributed by atoms with E-state index in [9.17, 15) is 14.9 Å². The normalized spacial score (nSPS) is 22.3. The summed E-state index contributed by atoms with van der Waals surface area (Å²) < 4.78 is 5.58. The number of ether oxygens (including phenoxy) is 1. The first kappa shape index (κ1) is 14.9. The molecule has 0 aromatic heterocycles. The molecule has 1 saturated heterocycles. The molecule has 1 aromatic carbocycles. The third-order valence-corrected chi connectivity index (χ3v) is 4.11. The van der Waals surface area contributed by atoms with Crippen LogP contribution in [-0.4, -0.2) is 29.6 Å². The number of nitrogens with zero attached hydrogens (tertiary/aromatic N) is 1. The molecule has 1 fully saturated rings. The van der Waals surface area contributed by atoms with Crippen LogP contribution in [0.25, 0.3) is 0 Å². The van der Waals surface area contributed by atoms with Crippen LogP contribution in [0.1, 0.15) is 30.1 Å². The van der Waals surface area contributed by atoms with Gasteiger partial charge in [-0.1, -0.05) is 6.07 Å². The van der Waals surface area contributed by atoms with Crippen LogP contribution in [0.5, 0.6) is 0 Å². The van der Waals surface area contributed by atoms with E-state index in [4.69, 9.17) is 4.74 Å². The number of carbonyl (C=O) groups is 1. The van der Waals surface area contributed by atoms with Crippen LogP contribution in [0.15, 0.2) is 22.7 Å². The molecule has 1 aliphatic heterocycles. The number of nitro benzene ring substituents is 1. The van der Waals surface area contributed by atoms with Crippen LogP contribution < -0.4 is 5.32 Å². The number of hydrogen-bond donors (Lipinski definition) is 1. The highest BCUT2D eigenvalue weighted by atomic mass is 79.9. The van der Waals surface area contributed by atoms with Crippen molar-refractivity contribution in [3.8, 4) is 0 Å². The number of nitrogens with one attached hydrogen (secondary N) is 1. The molecular weight excluding hydrogens is 328 g/mol. The summed E-state index contributed by atoms with van der Waals surface area (Å²) in [6, 6.07) is 4.41. The molecule has 1 atom stereocenters. The second-order valence-corrected chi connectivity index (χ2v) is 5.86. The van der Waals surface area contributed by atoms with E-state index in [1.54, 1.807) is 6.07 Å². The first-order chi connectivity index (χ1) is 9.43. The van der Waals surface area contributed by atoms with Gasteiger partial charge in [0.2, 0.25) is 0 Å². The third-order valence-electron chi connectivity index (χ3n) is 3.27. The van der Waals surface area contributed by atoms with E-state index in [0.29, 0.717) is 13.2 Å². The van der Waals surface area contributed by atoms with Crippen LogP contribution in [0, 0.1) is 10.1 Å². The summed E-state index contributed by atoms with van der Waals surface area (Å²) in [5.41, 5.74) is -0.298. The fourth-order valence-electron chi connectivity index (χ4n) is 2.21. The highest BCUT2D eigenvalue weighted by Gasteiger charge is 2.31. The Bertz CT molecular complexity index is 541. The van der Waals surface area contributed by atoms with Crippen molar-refractivity contribution >= 4 is 27.5 Å². The number of halogens is 1. The van der Waals surface area contributed by atoms with Gasteiger partial charge in [-0.2, -0.15) is 0 Å². The summed E-state index contributed by atoms with van der Waals surface area (Å²) >= 11 is 3.13. The Morgan fingerprint density at radius 3 is 2.90 bits per heavy atom. The molecule has 1 aromatic rings. The molecule has 7 heteroatoms. The lowest BCUT2D eigenvalue weighted by atomic mass is 9.94. The molecule has 0 aliphatic carbocycles. The zero-order valence-corrected chi connectivity index (χ0v) is 12.6. The quantitative estimate of drug-likeness (QED) is 0.676. The van der Waals surface area contributed by atoms with Crippen molar-refractivity contribution < 1.29 is 14.5 Å². The maximum Gasteiger partial charge on any atom is 0.284 e. The van der Waals surface area contributed by atoms with Gasteiger partial charge in [-0.05, 0) is 41.8 Å². The zero-order chi connectivity index (χ0) is 14.8. The molecule has 1 heterocycles. The lowest BCUT2D eigenvalue weighted by Gasteiger charge is -2.34. The van der Waals surface area contributed by atoms with Crippen molar-refractivity contribution in [1.29, 1.82) is 0 Å².